The van der Waals surface area contributed by atoms with Crippen LogP contribution < -0.4 is 10.1 Å². The summed E-state index contributed by atoms with van der Waals surface area (Å²) in [5.41, 5.74) is 3.01. The fourth-order valence-electron chi connectivity index (χ4n) is 3.82. The number of thiophene rings is 1. The van der Waals surface area contributed by atoms with Gasteiger partial charge >= 0.3 is 0 Å². The molecule has 9 heteroatoms. The molecule has 1 amide bonds. The molecule has 0 aliphatic heterocycles. The highest BCUT2D eigenvalue weighted by molar-refractivity contribution is 7.99. The lowest BCUT2D eigenvalue weighted by Gasteiger charge is -2.17. The monoisotopic (exact) mass is 481 g/mol. The minimum absolute atomic E-state index is 0.153. The topological polar surface area (TPSA) is 92.8 Å². The van der Waals surface area contributed by atoms with E-state index < -0.39 is 0 Å². The normalized spacial score (nSPS) is 15.0. The minimum atomic E-state index is -0.153. The molecule has 1 aliphatic carbocycles. The van der Waals surface area contributed by atoms with Crippen molar-refractivity contribution in [2.75, 3.05) is 11.1 Å². The Kier molecular flexibility index (Phi) is 7.36. The molecule has 1 aromatic carbocycles. The number of hydrogen-bond acceptors (Lipinski definition) is 7. The minimum Gasteiger partial charge on any atom is -0.486 e. The van der Waals surface area contributed by atoms with E-state index in [1.54, 1.807) is 11.3 Å². The first-order valence-corrected chi connectivity index (χ1v) is 12.9. The number of fused-ring (bicyclic) bond motifs is 1. The Morgan fingerprint density at radius 3 is 2.88 bits per heavy atom. The van der Waals surface area contributed by atoms with Gasteiger partial charge in [-0.1, -0.05) is 37.7 Å². The predicted octanol–water partition coefficient (Wildman–Crippen LogP) is 4.75. The number of anilines is 1. The number of ether oxygens (including phenoxy) is 1. The summed E-state index contributed by atoms with van der Waals surface area (Å²) >= 11 is 2.85. The predicted molar refractivity (Wildman–Crippen MR) is 131 cm³/mol. The van der Waals surface area contributed by atoms with Crippen molar-refractivity contribution in [2.45, 2.75) is 51.3 Å². The summed E-state index contributed by atoms with van der Waals surface area (Å²) in [5.74, 6) is 2.12. The van der Waals surface area contributed by atoms with Gasteiger partial charge in [-0.2, -0.15) is 5.26 Å². The Bertz CT molecular complexity index is 1180. The first-order valence-electron chi connectivity index (χ1n) is 11.1. The summed E-state index contributed by atoms with van der Waals surface area (Å²) < 4.78 is 7.66. The van der Waals surface area contributed by atoms with Crippen LogP contribution in [0.5, 0.6) is 5.75 Å². The second-order valence-corrected chi connectivity index (χ2v) is 10.3. The number of hydrogen-bond donors (Lipinski definition) is 1. The van der Waals surface area contributed by atoms with Crippen LogP contribution in [0.25, 0.3) is 0 Å². The Morgan fingerprint density at radius 2 is 2.15 bits per heavy atom. The second-order valence-electron chi connectivity index (χ2n) is 8.25. The number of benzene rings is 1. The number of aromatic nitrogens is 3. The zero-order valence-electron chi connectivity index (χ0n) is 19.1. The van der Waals surface area contributed by atoms with Crippen molar-refractivity contribution in [1.29, 1.82) is 5.26 Å². The molecule has 0 radical (unpaired) electrons. The summed E-state index contributed by atoms with van der Waals surface area (Å²) in [6, 6.07) is 10.3. The van der Waals surface area contributed by atoms with Gasteiger partial charge in [-0.15, -0.1) is 21.5 Å². The van der Waals surface area contributed by atoms with Crippen molar-refractivity contribution >= 4 is 34.0 Å². The van der Waals surface area contributed by atoms with Crippen LogP contribution in [-0.2, 0) is 37.7 Å². The molecular formula is C24H27N5O2S2. The van der Waals surface area contributed by atoms with Gasteiger partial charge in [0.05, 0.1) is 11.3 Å². The SMILES string of the molecule is CCc1ccc(OCc2nnc(SCC(=O)Nc3sc4c(c3C#N)CCC(C)C4)n2C)cc1. The van der Waals surface area contributed by atoms with Crippen LogP contribution in [0.2, 0.25) is 0 Å². The summed E-state index contributed by atoms with van der Waals surface area (Å²) in [6.45, 7) is 4.64. The summed E-state index contributed by atoms with van der Waals surface area (Å²) in [6.07, 6.45) is 3.96. The molecule has 2 aromatic heterocycles. The van der Waals surface area contributed by atoms with E-state index in [4.69, 9.17) is 4.74 Å². The molecule has 33 heavy (non-hydrogen) atoms. The molecule has 4 rings (SSSR count). The van der Waals surface area contributed by atoms with Gasteiger partial charge in [-0.25, -0.2) is 0 Å². The van der Waals surface area contributed by atoms with Crippen LogP contribution >= 0.6 is 23.1 Å². The number of carbonyl (C=O) groups is 1. The summed E-state index contributed by atoms with van der Waals surface area (Å²) in [7, 11) is 1.86. The maximum Gasteiger partial charge on any atom is 0.235 e. The van der Waals surface area contributed by atoms with Gasteiger partial charge in [0, 0.05) is 11.9 Å². The number of nitrogens with one attached hydrogen (secondary N) is 1. The Labute approximate surface area is 202 Å². The zero-order valence-corrected chi connectivity index (χ0v) is 20.7. The van der Waals surface area contributed by atoms with Crippen LogP contribution in [0.4, 0.5) is 5.00 Å². The fraction of sp³-hybridized carbons (Fsp3) is 0.417. The van der Waals surface area contributed by atoms with Gasteiger partial charge in [0.25, 0.3) is 0 Å². The molecule has 1 unspecified atom stereocenters. The third-order valence-electron chi connectivity index (χ3n) is 5.83. The molecule has 0 fully saturated rings. The van der Waals surface area contributed by atoms with Crippen LogP contribution in [0, 0.1) is 17.2 Å². The lowest BCUT2D eigenvalue weighted by atomic mass is 9.89. The van der Waals surface area contributed by atoms with Crippen molar-refractivity contribution < 1.29 is 9.53 Å². The molecule has 0 saturated heterocycles. The Morgan fingerprint density at radius 1 is 1.36 bits per heavy atom. The summed E-state index contributed by atoms with van der Waals surface area (Å²) in [4.78, 5) is 13.8. The van der Waals surface area contributed by atoms with Crippen molar-refractivity contribution in [2.24, 2.45) is 13.0 Å². The molecule has 1 aliphatic rings. The number of thioether (sulfide) groups is 1. The van der Waals surface area contributed by atoms with E-state index in [0.717, 1.165) is 37.0 Å². The van der Waals surface area contributed by atoms with Gasteiger partial charge in [0.15, 0.2) is 11.0 Å². The summed E-state index contributed by atoms with van der Waals surface area (Å²) in [5, 5.41) is 22.3. The maximum absolute atomic E-state index is 12.6. The molecule has 3 aromatic rings. The third kappa shape index (κ3) is 5.40. The number of nitrogens with zero attached hydrogens (tertiary/aromatic N) is 4. The number of amides is 1. The van der Waals surface area contributed by atoms with Crippen LogP contribution in [0.3, 0.4) is 0 Å². The Balaban J connectivity index is 1.33. The van der Waals surface area contributed by atoms with Gasteiger partial charge in [-0.3, -0.25) is 4.79 Å². The number of nitriles is 1. The van der Waals surface area contributed by atoms with E-state index in [1.807, 2.05) is 35.9 Å². The van der Waals surface area contributed by atoms with Gasteiger partial charge in [0.1, 0.15) is 23.4 Å². The van der Waals surface area contributed by atoms with Crippen LogP contribution in [-0.4, -0.2) is 26.4 Å². The lowest BCUT2D eigenvalue weighted by Crippen LogP contribution is -2.14. The fourth-order valence-corrected chi connectivity index (χ4v) is 5.92. The molecular weight excluding hydrogens is 454 g/mol. The van der Waals surface area contributed by atoms with E-state index in [-0.39, 0.29) is 11.7 Å². The number of aryl methyl sites for hydroxylation is 1. The van der Waals surface area contributed by atoms with Crippen molar-refractivity contribution in [1.82, 2.24) is 14.8 Å². The largest absolute Gasteiger partial charge is 0.486 e. The first kappa shape index (κ1) is 23.3. The van der Waals surface area contributed by atoms with Crippen molar-refractivity contribution in [3.63, 3.8) is 0 Å². The standard InChI is InChI=1S/C24H27N5O2S2/c1-4-16-6-8-17(9-7-16)31-13-21-27-28-24(29(21)3)32-14-22(30)26-23-19(12-25)18-10-5-15(2)11-20(18)33-23/h6-9,15H,4-5,10-11,13-14H2,1-3H3,(H,26,30). The highest BCUT2D eigenvalue weighted by atomic mass is 32.2. The van der Waals surface area contributed by atoms with Gasteiger partial charge in [0.2, 0.25) is 5.91 Å². The quantitative estimate of drug-likeness (QED) is 0.467. The average Bonchev–Trinajstić information content (AvgIpc) is 3.34. The molecule has 1 N–H and O–H groups in total. The molecule has 0 saturated carbocycles. The van der Waals surface area contributed by atoms with Crippen LogP contribution in [0.15, 0.2) is 29.4 Å². The number of rotatable bonds is 8. The van der Waals surface area contributed by atoms with E-state index in [2.05, 4.69) is 35.4 Å². The maximum atomic E-state index is 12.6. The molecule has 172 valence electrons. The number of carbonyl (C=O) groups excluding carboxylic acids is 1. The van der Waals surface area contributed by atoms with E-state index in [9.17, 15) is 10.1 Å². The average molecular weight is 482 g/mol. The third-order valence-corrected chi connectivity index (χ3v) is 8.02. The van der Waals surface area contributed by atoms with Gasteiger partial charge < -0.3 is 14.6 Å². The van der Waals surface area contributed by atoms with E-state index in [1.165, 1.54) is 22.2 Å². The Hall–Kier alpha value is -2.83. The second kappa shape index (κ2) is 10.4. The first-order chi connectivity index (χ1) is 16.0. The van der Waals surface area contributed by atoms with E-state index in [0.29, 0.717) is 34.1 Å². The van der Waals surface area contributed by atoms with E-state index >= 15 is 0 Å². The van der Waals surface area contributed by atoms with Crippen LogP contribution in [0.1, 0.15) is 47.7 Å². The zero-order chi connectivity index (χ0) is 23.4. The lowest BCUT2D eigenvalue weighted by molar-refractivity contribution is -0.113. The molecule has 0 spiro atoms. The van der Waals surface area contributed by atoms with Crippen molar-refractivity contribution in [3.8, 4) is 11.8 Å². The molecule has 7 nitrogen and oxygen atoms in total. The highest BCUT2D eigenvalue weighted by Gasteiger charge is 2.24. The van der Waals surface area contributed by atoms with Crippen molar-refractivity contribution in [3.05, 3.63) is 51.7 Å². The highest BCUT2D eigenvalue weighted by Crippen LogP contribution is 2.39. The molecule has 1 atom stereocenters. The molecule has 0 bridgehead atoms. The smallest absolute Gasteiger partial charge is 0.235 e. The van der Waals surface area contributed by atoms with Gasteiger partial charge in [-0.05, 0) is 54.9 Å². The molecule has 2 heterocycles.